The number of nitrogens with one attached hydrogen (secondary N) is 1. The second-order valence-corrected chi connectivity index (χ2v) is 9.58. The van der Waals surface area contributed by atoms with Crippen LogP contribution in [0.1, 0.15) is 39.7 Å². The molecule has 0 heterocycles. The summed E-state index contributed by atoms with van der Waals surface area (Å²) in [7, 11) is 0. The number of amides is 2. The Hall–Kier alpha value is -1.98. The number of nitrogens with zero attached hydrogens (tertiary/aromatic N) is 1. The minimum absolute atomic E-state index is 0.0417. The van der Waals surface area contributed by atoms with Gasteiger partial charge in [-0.05, 0) is 57.5 Å². The Kier molecular flexibility index (Phi) is 8.60. The van der Waals surface area contributed by atoms with Crippen LogP contribution in [0.15, 0.2) is 59.5 Å². The molecule has 29 heavy (non-hydrogen) atoms. The fourth-order valence-corrected chi connectivity index (χ4v) is 3.75. The van der Waals surface area contributed by atoms with Crippen LogP contribution in [0.5, 0.6) is 0 Å². The molecule has 0 aliphatic carbocycles. The first-order valence-electron chi connectivity index (χ1n) is 9.69. The number of carbonyl (C=O) groups excluding carboxylic acids is 2. The number of hydrogen-bond acceptors (Lipinski definition) is 3. The van der Waals surface area contributed by atoms with Gasteiger partial charge in [0, 0.05) is 34.2 Å². The minimum Gasteiger partial charge on any atom is -0.350 e. The lowest BCUT2D eigenvalue weighted by atomic mass is 10.1. The summed E-state index contributed by atoms with van der Waals surface area (Å²) >= 11 is 7.61. The smallest absolute Gasteiger partial charge is 0.242 e. The summed E-state index contributed by atoms with van der Waals surface area (Å²) in [5.41, 5.74) is 0.581. The highest BCUT2D eigenvalue weighted by Gasteiger charge is 2.28. The summed E-state index contributed by atoms with van der Waals surface area (Å²) < 4.78 is 0. The number of carbonyl (C=O) groups is 2. The van der Waals surface area contributed by atoms with E-state index in [1.165, 1.54) is 0 Å². The van der Waals surface area contributed by atoms with Gasteiger partial charge >= 0.3 is 0 Å². The molecule has 0 aliphatic rings. The van der Waals surface area contributed by atoms with Gasteiger partial charge in [-0.15, -0.1) is 11.8 Å². The average Bonchev–Trinajstić information content (AvgIpc) is 2.66. The normalized spacial score (nSPS) is 12.3. The molecule has 0 bridgehead atoms. The minimum atomic E-state index is -0.570. The van der Waals surface area contributed by atoms with Gasteiger partial charge in [0.25, 0.3) is 0 Å². The van der Waals surface area contributed by atoms with Crippen LogP contribution in [-0.2, 0) is 16.1 Å². The van der Waals surface area contributed by atoms with Crippen LogP contribution in [0.25, 0.3) is 0 Å². The molecule has 6 heteroatoms. The first-order valence-corrected chi connectivity index (χ1v) is 11.1. The first-order chi connectivity index (χ1) is 13.7. The van der Waals surface area contributed by atoms with Crippen LogP contribution >= 0.6 is 23.4 Å². The van der Waals surface area contributed by atoms with Crippen molar-refractivity contribution < 1.29 is 9.59 Å². The van der Waals surface area contributed by atoms with Gasteiger partial charge in [-0.2, -0.15) is 0 Å². The Balaban J connectivity index is 2.08. The number of halogens is 1. The van der Waals surface area contributed by atoms with Crippen LogP contribution in [0, 0.1) is 0 Å². The summed E-state index contributed by atoms with van der Waals surface area (Å²) in [6, 6.07) is 16.8. The van der Waals surface area contributed by atoms with E-state index in [9.17, 15) is 9.59 Å². The lowest BCUT2D eigenvalue weighted by molar-refractivity contribution is -0.140. The van der Waals surface area contributed by atoms with Gasteiger partial charge in [-0.1, -0.05) is 41.9 Å². The van der Waals surface area contributed by atoms with Crippen molar-refractivity contribution in [2.24, 2.45) is 0 Å². The van der Waals surface area contributed by atoms with E-state index in [1.807, 2.05) is 63.2 Å². The second-order valence-electron chi connectivity index (χ2n) is 7.97. The van der Waals surface area contributed by atoms with Gasteiger partial charge < -0.3 is 10.2 Å². The quantitative estimate of drug-likeness (QED) is 0.586. The van der Waals surface area contributed by atoms with Crippen molar-refractivity contribution in [3.8, 4) is 0 Å². The summed E-state index contributed by atoms with van der Waals surface area (Å²) in [4.78, 5) is 28.5. The lowest BCUT2D eigenvalue weighted by Crippen LogP contribution is -2.52. The Morgan fingerprint density at radius 1 is 1.07 bits per heavy atom. The molecular formula is C23H29ClN2O2S. The largest absolute Gasteiger partial charge is 0.350 e. The molecule has 0 spiro atoms. The van der Waals surface area contributed by atoms with Crippen LogP contribution in [0.2, 0.25) is 5.02 Å². The molecule has 1 atom stereocenters. The standard InChI is InChI=1S/C23H29ClN2O2S/c1-17(22(28)25-23(2,3)4)26(16-18-10-12-19(24)13-11-18)21(27)14-15-29-20-8-6-5-7-9-20/h5-13,17H,14-16H2,1-4H3,(H,25,28). The molecule has 0 aromatic heterocycles. The zero-order chi connectivity index (χ0) is 21.4. The molecule has 156 valence electrons. The highest BCUT2D eigenvalue weighted by atomic mass is 35.5. The van der Waals surface area contributed by atoms with Crippen molar-refractivity contribution in [1.82, 2.24) is 10.2 Å². The van der Waals surface area contributed by atoms with E-state index in [4.69, 9.17) is 11.6 Å². The van der Waals surface area contributed by atoms with Gasteiger partial charge in [-0.25, -0.2) is 0 Å². The Labute approximate surface area is 183 Å². The summed E-state index contributed by atoms with van der Waals surface area (Å²) in [6.45, 7) is 7.93. The van der Waals surface area contributed by atoms with E-state index in [2.05, 4.69) is 5.32 Å². The van der Waals surface area contributed by atoms with E-state index in [1.54, 1.807) is 35.7 Å². The van der Waals surface area contributed by atoms with Crippen molar-refractivity contribution in [2.45, 2.75) is 57.1 Å². The number of rotatable bonds is 8. The third-order valence-electron chi connectivity index (χ3n) is 4.26. The van der Waals surface area contributed by atoms with Gasteiger partial charge in [0.05, 0.1) is 0 Å². The van der Waals surface area contributed by atoms with Crippen LogP contribution in [0.4, 0.5) is 0 Å². The van der Waals surface area contributed by atoms with Crippen molar-refractivity contribution in [2.75, 3.05) is 5.75 Å². The molecule has 0 fully saturated rings. The van der Waals surface area contributed by atoms with E-state index >= 15 is 0 Å². The topological polar surface area (TPSA) is 49.4 Å². The maximum atomic E-state index is 13.0. The molecular weight excluding hydrogens is 404 g/mol. The van der Waals surface area contributed by atoms with E-state index in [0.29, 0.717) is 23.7 Å². The van der Waals surface area contributed by atoms with Crippen molar-refractivity contribution in [3.05, 3.63) is 65.2 Å². The fourth-order valence-electron chi connectivity index (χ4n) is 2.76. The van der Waals surface area contributed by atoms with Gasteiger partial charge in [0.15, 0.2) is 0 Å². The van der Waals surface area contributed by atoms with Crippen molar-refractivity contribution in [1.29, 1.82) is 0 Å². The molecule has 4 nitrogen and oxygen atoms in total. The maximum Gasteiger partial charge on any atom is 0.242 e. The summed E-state index contributed by atoms with van der Waals surface area (Å²) in [6.07, 6.45) is 0.361. The molecule has 1 N–H and O–H groups in total. The molecule has 2 amide bonds. The predicted molar refractivity (Wildman–Crippen MR) is 121 cm³/mol. The molecule has 1 unspecified atom stereocenters. The van der Waals surface area contributed by atoms with Crippen molar-refractivity contribution in [3.63, 3.8) is 0 Å². The van der Waals surface area contributed by atoms with E-state index < -0.39 is 6.04 Å². The number of hydrogen-bond donors (Lipinski definition) is 1. The molecule has 2 rings (SSSR count). The first kappa shape index (κ1) is 23.3. The van der Waals surface area contributed by atoms with Crippen LogP contribution in [-0.4, -0.2) is 34.0 Å². The molecule has 2 aromatic rings. The maximum absolute atomic E-state index is 13.0. The van der Waals surface area contributed by atoms with E-state index in [-0.39, 0.29) is 17.4 Å². The Morgan fingerprint density at radius 2 is 1.69 bits per heavy atom. The van der Waals surface area contributed by atoms with Gasteiger partial charge in [-0.3, -0.25) is 9.59 Å². The zero-order valence-electron chi connectivity index (χ0n) is 17.4. The summed E-state index contributed by atoms with van der Waals surface area (Å²) in [5.74, 6) is 0.462. The third kappa shape index (κ3) is 8.11. The SMILES string of the molecule is CC(C(=O)NC(C)(C)C)N(Cc1ccc(Cl)cc1)C(=O)CCSc1ccccc1. The molecule has 2 aromatic carbocycles. The van der Waals surface area contributed by atoms with Gasteiger partial charge in [0.2, 0.25) is 11.8 Å². The van der Waals surface area contributed by atoms with Crippen LogP contribution < -0.4 is 5.32 Å². The monoisotopic (exact) mass is 432 g/mol. The second kappa shape index (κ2) is 10.7. The lowest BCUT2D eigenvalue weighted by Gasteiger charge is -2.31. The molecule has 0 saturated carbocycles. The van der Waals surface area contributed by atoms with Crippen molar-refractivity contribution >= 4 is 35.2 Å². The molecule has 0 radical (unpaired) electrons. The van der Waals surface area contributed by atoms with Crippen LogP contribution in [0.3, 0.4) is 0 Å². The number of thioether (sulfide) groups is 1. The Morgan fingerprint density at radius 3 is 2.28 bits per heavy atom. The number of benzene rings is 2. The fraction of sp³-hybridized carbons (Fsp3) is 0.391. The Bertz CT molecular complexity index is 804. The molecule has 0 saturated heterocycles. The third-order valence-corrected chi connectivity index (χ3v) is 5.53. The summed E-state index contributed by atoms with van der Waals surface area (Å²) in [5, 5.41) is 3.61. The highest BCUT2D eigenvalue weighted by molar-refractivity contribution is 7.99. The highest BCUT2D eigenvalue weighted by Crippen LogP contribution is 2.20. The molecule has 0 aliphatic heterocycles. The zero-order valence-corrected chi connectivity index (χ0v) is 19.0. The predicted octanol–water partition coefficient (Wildman–Crippen LogP) is 5.15. The van der Waals surface area contributed by atoms with E-state index in [0.717, 1.165) is 10.5 Å². The average molecular weight is 433 g/mol. The van der Waals surface area contributed by atoms with Gasteiger partial charge in [0.1, 0.15) is 6.04 Å².